The minimum Gasteiger partial charge on any atom is -0.494 e. The molecule has 5 heteroatoms. The zero-order chi connectivity index (χ0) is 13.1. The molecule has 1 fully saturated rings. The molecule has 1 saturated heterocycles. The van der Waals surface area contributed by atoms with Gasteiger partial charge in [-0.2, -0.15) is 0 Å². The summed E-state index contributed by atoms with van der Waals surface area (Å²) in [6.45, 7) is 1.20. The van der Waals surface area contributed by atoms with Crippen molar-refractivity contribution in [3.8, 4) is 5.75 Å². The van der Waals surface area contributed by atoms with Crippen molar-refractivity contribution in [2.45, 2.75) is 25.4 Å². The Hall–Kier alpha value is -1.62. The van der Waals surface area contributed by atoms with Gasteiger partial charge in [0, 0.05) is 6.54 Å². The molecule has 1 heterocycles. The van der Waals surface area contributed by atoms with Gasteiger partial charge in [-0.15, -0.1) is 0 Å². The van der Waals surface area contributed by atoms with Crippen LogP contribution in [0.5, 0.6) is 5.75 Å². The summed E-state index contributed by atoms with van der Waals surface area (Å²) in [5, 5.41) is 9.06. The molecule has 0 spiro atoms. The molecule has 2 rings (SSSR count). The lowest BCUT2D eigenvalue weighted by Gasteiger charge is -2.21. The molecule has 0 aliphatic carbocycles. The van der Waals surface area contributed by atoms with E-state index >= 15 is 0 Å². The number of ether oxygens (including phenoxy) is 1. The first-order valence-corrected chi connectivity index (χ1v) is 5.91. The second kappa shape index (κ2) is 5.35. The number of aliphatic carboxylic acids is 1. The normalized spacial score (nSPS) is 20.0. The molecule has 0 saturated carbocycles. The van der Waals surface area contributed by atoms with Crippen LogP contribution in [-0.2, 0) is 11.3 Å². The first-order chi connectivity index (χ1) is 8.61. The Balaban J connectivity index is 2.09. The van der Waals surface area contributed by atoms with Gasteiger partial charge in [-0.1, -0.05) is 6.07 Å². The molecule has 1 unspecified atom stereocenters. The quantitative estimate of drug-likeness (QED) is 0.890. The van der Waals surface area contributed by atoms with Gasteiger partial charge < -0.3 is 9.84 Å². The highest BCUT2D eigenvalue weighted by molar-refractivity contribution is 5.73. The molecule has 98 valence electrons. The number of likely N-dealkylation sites (tertiary alicyclic amines) is 1. The van der Waals surface area contributed by atoms with Gasteiger partial charge >= 0.3 is 5.97 Å². The number of halogens is 1. The average molecular weight is 253 g/mol. The number of methoxy groups -OCH3 is 1. The van der Waals surface area contributed by atoms with Crippen molar-refractivity contribution < 1.29 is 19.0 Å². The number of hydrogen-bond acceptors (Lipinski definition) is 3. The lowest BCUT2D eigenvalue weighted by molar-refractivity contribution is -0.142. The molecule has 0 aromatic heterocycles. The number of rotatable bonds is 4. The third-order valence-corrected chi connectivity index (χ3v) is 3.25. The summed E-state index contributed by atoms with van der Waals surface area (Å²) in [4.78, 5) is 12.9. The van der Waals surface area contributed by atoms with E-state index in [9.17, 15) is 9.18 Å². The highest BCUT2D eigenvalue weighted by Crippen LogP contribution is 2.23. The third-order valence-electron chi connectivity index (χ3n) is 3.25. The average Bonchev–Trinajstić information content (AvgIpc) is 2.77. The predicted octanol–water partition coefficient (Wildman–Crippen LogP) is 1.88. The van der Waals surface area contributed by atoms with E-state index in [4.69, 9.17) is 9.84 Å². The Labute approximate surface area is 105 Å². The zero-order valence-electron chi connectivity index (χ0n) is 10.2. The van der Waals surface area contributed by atoms with Crippen molar-refractivity contribution in [3.63, 3.8) is 0 Å². The summed E-state index contributed by atoms with van der Waals surface area (Å²) in [7, 11) is 1.42. The Bertz CT molecular complexity index is 450. The van der Waals surface area contributed by atoms with Gasteiger partial charge in [0.25, 0.3) is 0 Å². The van der Waals surface area contributed by atoms with Crippen LogP contribution in [0.15, 0.2) is 18.2 Å². The molecule has 1 atom stereocenters. The summed E-state index contributed by atoms with van der Waals surface area (Å²) in [6, 6.07) is 4.28. The molecule has 4 nitrogen and oxygen atoms in total. The van der Waals surface area contributed by atoms with Crippen LogP contribution in [0.25, 0.3) is 0 Å². The lowest BCUT2D eigenvalue weighted by Crippen LogP contribution is -2.35. The van der Waals surface area contributed by atoms with Crippen molar-refractivity contribution in [2.24, 2.45) is 0 Å². The Morgan fingerprint density at radius 2 is 2.39 bits per heavy atom. The fourth-order valence-electron chi connectivity index (χ4n) is 2.34. The second-order valence-electron chi connectivity index (χ2n) is 4.44. The van der Waals surface area contributed by atoms with E-state index in [2.05, 4.69) is 0 Å². The standard InChI is InChI=1S/C13H16FNO3/c1-18-12-5-4-9(7-10(12)14)8-15-6-2-3-11(15)13(16)17/h4-5,7,11H,2-3,6,8H2,1H3,(H,16,17). The Morgan fingerprint density at radius 1 is 1.61 bits per heavy atom. The largest absolute Gasteiger partial charge is 0.494 e. The van der Waals surface area contributed by atoms with Gasteiger partial charge in [-0.25, -0.2) is 4.39 Å². The van der Waals surface area contributed by atoms with Gasteiger partial charge in [-0.3, -0.25) is 9.69 Å². The SMILES string of the molecule is COc1ccc(CN2CCCC2C(=O)O)cc1F. The number of carboxylic acids is 1. The molecule has 0 amide bonds. The minimum atomic E-state index is -0.804. The molecule has 0 radical (unpaired) electrons. The molecule has 0 bridgehead atoms. The molecule has 1 aromatic rings. The van der Waals surface area contributed by atoms with Gasteiger partial charge in [0.15, 0.2) is 11.6 Å². The van der Waals surface area contributed by atoms with Crippen LogP contribution in [0.3, 0.4) is 0 Å². The predicted molar refractivity (Wildman–Crippen MR) is 64.0 cm³/mol. The van der Waals surface area contributed by atoms with Gasteiger partial charge in [0.1, 0.15) is 6.04 Å². The zero-order valence-corrected chi connectivity index (χ0v) is 10.2. The van der Waals surface area contributed by atoms with Crippen molar-refractivity contribution in [2.75, 3.05) is 13.7 Å². The molecule has 1 N–H and O–H groups in total. The van der Waals surface area contributed by atoms with Crippen LogP contribution >= 0.6 is 0 Å². The fraction of sp³-hybridized carbons (Fsp3) is 0.462. The number of carbonyl (C=O) groups is 1. The minimum absolute atomic E-state index is 0.204. The van der Waals surface area contributed by atoms with Crippen LogP contribution in [-0.4, -0.2) is 35.7 Å². The fourth-order valence-corrected chi connectivity index (χ4v) is 2.34. The van der Waals surface area contributed by atoms with E-state index in [0.29, 0.717) is 13.0 Å². The molecule has 18 heavy (non-hydrogen) atoms. The van der Waals surface area contributed by atoms with Crippen LogP contribution in [0, 0.1) is 5.82 Å². The third kappa shape index (κ3) is 2.61. The summed E-state index contributed by atoms with van der Waals surface area (Å²) in [6.07, 6.45) is 1.53. The van der Waals surface area contributed by atoms with Gasteiger partial charge in [0.2, 0.25) is 0 Å². The van der Waals surface area contributed by atoms with Gasteiger partial charge in [-0.05, 0) is 37.1 Å². The van der Waals surface area contributed by atoms with Gasteiger partial charge in [0.05, 0.1) is 7.11 Å². The smallest absolute Gasteiger partial charge is 0.320 e. The maximum atomic E-state index is 13.5. The van der Waals surface area contributed by atoms with E-state index in [1.54, 1.807) is 12.1 Å². The molecule has 1 aromatic carbocycles. The first kappa shape index (κ1) is 12.8. The number of hydrogen-bond donors (Lipinski definition) is 1. The topological polar surface area (TPSA) is 49.8 Å². The van der Waals surface area contributed by atoms with Crippen LogP contribution in [0.4, 0.5) is 4.39 Å². The number of carboxylic acid groups (broad SMARTS) is 1. The molecule has 1 aliphatic rings. The highest BCUT2D eigenvalue weighted by Gasteiger charge is 2.30. The van der Waals surface area contributed by atoms with E-state index in [1.165, 1.54) is 13.2 Å². The molecular formula is C13H16FNO3. The maximum Gasteiger partial charge on any atom is 0.320 e. The summed E-state index contributed by atoms with van der Waals surface area (Å²) < 4.78 is 18.4. The monoisotopic (exact) mass is 253 g/mol. The van der Waals surface area contributed by atoms with Crippen LogP contribution < -0.4 is 4.74 Å². The highest BCUT2D eigenvalue weighted by atomic mass is 19.1. The van der Waals surface area contributed by atoms with E-state index < -0.39 is 17.8 Å². The van der Waals surface area contributed by atoms with Crippen molar-refractivity contribution >= 4 is 5.97 Å². The van der Waals surface area contributed by atoms with Crippen molar-refractivity contribution in [1.82, 2.24) is 4.90 Å². The lowest BCUT2D eigenvalue weighted by atomic mass is 10.1. The van der Waals surface area contributed by atoms with Crippen LogP contribution in [0.2, 0.25) is 0 Å². The second-order valence-corrected chi connectivity index (χ2v) is 4.44. The Morgan fingerprint density at radius 3 is 3.00 bits per heavy atom. The van der Waals surface area contributed by atoms with E-state index in [-0.39, 0.29) is 5.75 Å². The van der Waals surface area contributed by atoms with E-state index in [0.717, 1.165) is 18.5 Å². The number of benzene rings is 1. The summed E-state index contributed by atoms with van der Waals surface area (Å²) in [5.41, 5.74) is 0.765. The molecular weight excluding hydrogens is 237 g/mol. The first-order valence-electron chi connectivity index (χ1n) is 5.91. The van der Waals surface area contributed by atoms with Crippen LogP contribution in [0.1, 0.15) is 18.4 Å². The molecule has 1 aliphatic heterocycles. The maximum absolute atomic E-state index is 13.5. The summed E-state index contributed by atoms with van der Waals surface area (Å²) >= 11 is 0. The van der Waals surface area contributed by atoms with Crippen molar-refractivity contribution in [3.05, 3.63) is 29.6 Å². The van der Waals surface area contributed by atoms with E-state index in [1.807, 2.05) is 4.90 Å². The summed E-state index contributed by atoms with van der Waals surface area (Å²) in [5.74, 6) is -1.02. The number of nitrogens with zero attached hydrogens (tertiary/aromatic N) is 1. The Kier molecular flexibility index (Phi) is 3.81. The van der Waals surface area contributed by atoms with Crippen molar-refractivity contribution in [1.29, 1.82) is 0 Å².